The minimum Gasteiger partial charge on any atom is -0.442 e. The van der Waals surface area contributed by atoms with E-state index in [-0.39, 0.29) is 12.3 Å². The van der Waals surface area contributed by atoms with Crippen LogP contribution in [0.3, 0.4) is 0 Å². The molecule has 126 valence electrons. The molecule has 3 rings (SSSR count). The van der Waals surface area contributed by atoms with Crippen LogP contribution >= 0.6 is 0 Å². The maximum atomic E-state index is 11.1. The first kappa shape index (κ1) is 16.5. The smallest absolute Gasteiger partial charge is 0.237 e. The Morgan fingerprint density at radius 2 is 2.16 bits per heavy atom. The summed E-state index contributed by atoms with van der Waals surface area (Å²) in [5.74, 6) is 0.659. The van der Waals surface area contributed by atoms with Gasteiger partial charge in [-0.3, -0.25) is 4.79 Å². The fraction of sp³-hybridized carbons (Fsp3) is 0.211. The predicted octanol–water partition coefficient (Wildman–Crippen LogP) is 3.35. The first-order chi connectivity index (χ1) is 12.0. The number of rotatable bonds is 5. The number of nitriles is 1. The third-order valence-electron chi connectivity index (χ3n) is 4.22. The van der Waals surface area contributed by atoms with Gasteiger partial charge in [0.1, 0.15) is 17.4 Å². The molecule has 0 aliphatic heterocycles. The van der Waals surface area contributed by atoms with Gasteiger partial charge >= 0.3 is 0 Å². The van der Waals surface area contributed by atoms with Gasteiger partial charge in [0.2, 0.25) is 11.8 Å². The van der Waals surface area contributed by atoms with Crippen LogP contribution in [-0.4, -0.2) is 16.7 Å². The molecule has 0 spiro atoms. The second-order valence-corrected chi connectivity index (χ2v) is 5.84. The van der Waals surface area contributed by atoms with Crippen LogP contribution in [0.5, 0.6) is 0 Å². The molecule has 1 aromatic carbocycles. The minimum atomic E-state index is -0.340. The topological polar surface area (TPSA) is 97.3 Å². The number of benzene rings is 1. The molecule has 6 nitrogen and oxygen atoms in total. The highest BCUT2D eigenvalue weighted by Gasteiger charge is 2.13. The monoisotopic (exact) mass is 334 g/mol. The van der Waals surface area contributed by atoms with Gasteiger partial charge in [0.25, 0.3) is 0 Å². The molecule has 1 amide bonds. The number of aliphatic imine (C=N–C) groups is 1. The number of furan rings is 1. The first-order valence-corrected chi connectivity index (χ1v) is 7.91. The van der Waals surface area contributed by atoms with Crippen molar-refractivity contribution >= 4 is 28.9 Å². The van der Waals surface area contributed by atoms with Crippen LogP contribution in [0.4, 0.5) is 5.88 Å². The maximum Gasteiger partial charge on any atom is 0.237 e. The number of aromatic nitrogens is 1. The van der Waals surface area contributed by atoms with Gasteiger partial charge in [-0.2, -0.15) is 5.26 Å². The Balaban J connectivity index is 2.01. The second-order valence-electron chi connectivity index (χ2n) is 5.84. The van der Waals surface area contributed by atoms with Crippen LogP contribution in [0, 0.1) is 25.2 Å². The Kier molecular flexibility index (Phi) is 4.40. The van der Waals surface area contributed by atoms with Crippen molar-refractivity contribution in [3.05, 3.63) is 52.9 Å². The van der Waals surface area contributed by atoms with Gasteiger partial charge in [0.05, 0.1) is 0 Å². The molecule has 0 atom stereocenters. The Morgan fingerprint density at radius 1 is 1.40 bits per heavy atom. The normalized spacial score (nSPS) is 11.2. The standard InChI is InChI=1S/C19H18N4O2/c1-12-13(2)25-19(16(12)9-20)22-10-14-11-23(8-7-18(21)24)17-6-4-3-5-15(14)17/h3-6,10-11H,7-8H2,1-2H3,(H2,21,24). The largest absolute Gasteiger partial charge is 0.442 e. The van der Waals surface area contributed by atoms with Crippen molar-refractivity contribution in [3.8, 4) is 6.07 Å². The van der Waals surface area contributed by atoms with Crippen LogP contribution < -0.4 is 5.73 Å². The molecule has 2 aromatic heterocycles. The van der Waals surface area contributed by atoms with Gasteiger partial charge < -0.3 is 14.7 Å². The Hall–Kier alpha value is -3.33. The zero-order chi connectivity index (χ0) is 18.0. The molecule has 0 unspecified atom stereocenters. The lowest BCUT2D eigenvalue weighted by atomic mass is 10.2. The van der Waals surface area contributed by atoms with E-state index < -0.39 is 0 Å². The van der Waals surface area contributed by atoms with Crippen LogP contribution in [0.2, 0.25) is 0 Å². The van der Waals surface area contributed by atoms with Gasteiger partial charge in [-0.25, -0.2) is 4.99 Å². The molecule has 0 aliphatic carbocycles. The molecule has 0 radical (unpaired) electrons. The molecule has 2 heterocycles. The van der Waals surface area contributed by atoms with Crippen LogP contribution in [-0.2, 0) is 11.3 Å². The van der Waals surface area contributed by atoms with Crippen molar-refractivity contribution in [1.82, 2.24) is 4.57 Å². The van der Waals surface area contributed by atoms with Crippen molar-refractivity contribution in [3.63, 3.8) is 0 Å². The molecular formula is C19H18N4O2. The Labute approximate surface area is 145 Å². The summed E-state index contributed by atoms with van der Waals surface area (Å²) in [6.07, 6.45) is 3.87. The lowest BCUT2D eigenvalue weighted by Crippen LogP contribution is -2.13. The summed E-state index contributed by atoms with van der Waals surface area (Å²) in [6.45, 7) is 4.16. The minimum absolute atomic E-state index is 0.268. The first-order valence-electron chi connectivity index (χ1n) is 7.91. The molecule has 0 bridgehead atoms. The summed E-state index contributed by atoms with van der Waals surface area (Å²) < 4.78 is 7.54. The van der Waals surface area contributed by atoms with E-state index in [2.05, 4.69) is 11.1 Å². The summed E-state index contributed by atoms with van der Waals surface area (Å²) >= 11 is 0. The number of nitrogens with two attached hydrogens (primary N) is 1. The summed E-state index contributed by atoms with van der Waals surface area (Å²) in [5.41, 5.74) is 8.39. The highest BCUT2D eigenvalue weighted by molar-refractivity contribution is 6.00. The number of hydrogen-bond acceptors (Lipinski definition) is 4. The zero-order valence-electron chi connectivity index (χ0n) is 14.1. The molecule has 25 heavy (non-hydrogen) atoms. The lowest BCUT2D eigenvalue weighted by molar-refractivity contribution is -0.118. The van der Waals surface area contributed by atoms with E-state index >= 15 is 0 Å². The summed E-state index contributed by atoms with van der Waals surface area (Å²) in [4.78, 5) is 15.4. The average Bonchev–Trinajstić information content (AvgIpc) is 3.09. The SMILES string of the molecule is Cc1oc(N=Cc2cn(CCC(N)=O)c3ccccc23)c(C#N)c1C. The highest BCUT2D eigenvalue weighted by Crippen LogP contribution is 2.28. The summed E-state index contributed by atoms with van der Waals surface area (Å²) in [5, 5.41) is 10.3. The van der Waals surface area contributed by atoms with Gasteiger partial charge in [0, 0.05) is 47.4 Å². The van der Waals surface area contributed by atoms with Crippen LogP contribution in [0.1, 0.15) is 28.9 Å². The average molecular weight is 334 g/mol. The molecule has 0 aliphatic rings. The van der Waals surface area contributed by atoms with E-state index in [0.29, 0.717) is 23.8 Å². The molecular weight excluding hydrogens is 316 g/mol. The van der Waals surface area contributed by atoms with E-state index in [9.17, 15) is 10.1 Å². The summed E-state index contributed by atoms with van der Waals surface area (Å²) in [7, 11) is 0. The fourth-order valence-corrected chi connectivity index (χ4v) is 2.75. The van der Waals surface area contributed by atoms with Crippen molar-refractivity contribution in [2.45, 2.75) is 26.8 Å². The number of carbonyl (C=O) groups excluding carboxylic acids is 1. The fourth-order valence-electron chi connectivity index (χ4n) is 2.75. The Morgan fingerprint density at radius 3 is 2.88 bits per heavy atom. The van der Waals surface area contributed by atoms with Crippen molar-refractivity contribution < 1.29 is 9.21 Å². The number of carbonyl (C=O) groups is 1. The van der Waals surface area contributed by atoms with E-state index in [1.807, 2.05) is 48.9 Å². The summed E-state index contributed by atoms with van der Waals surface area (Å²) in [6, 6.07) is 9.99. The van der Waals surface area contributed by atoms with Gasteiger partial charge in [-0.1, -0.05) is 18.2 Å². The second kappa shape index (κ2) is 6.65. The number of nitrogens with zero attached hydrogens (tertiary/aromatic N) is 3. The van der Waals surface area contributed by atoms with Gasteiger partial charge in [-0.05, 0) is 19.9 Å². The lowest BCUT2D eigenvalue weighted by Gasteiger charge is -2.02. The molecule has 0 saturated carbocycles. The molecule has 2 N–H and O–H groups in total. The number of primary amides is 1. The molecule has 0 saturated heterocycles. The number of para-hydroxylation sites is 1. The van der Waals surface area contributed by atoms with E-state index in [1.54, 1.807) is 6.21 Å². The number of aryl methyl sites for hydroxylation is 2. The van der Waals surface area contributed by atoms with Gasteiger partial charge in [-0.15, -0.1) is 0 Å². The third kappa shape index (κ3) is 3.17. The highest BCUT2D eigenvalue weighted by atomic mass is 16.4. The van der Waals surface area contributed by atoms with E-state index in [0.717, 1.165) is 22.0 Å². The Bertz CT molecular complexity index is 1020. The van der Waals surface area contributed by atoms with Gasteiger partial charge in [0.15, 0.2) is 0 Å². The number of amides is 1. The van der Waals surface area contributed by atoms with Crippen molar-refractivity contribution in [1.29, 1.82) is 5.26 Å². The third-order valence-corrected chi connectivity index (χ3v) is 4.22. The maximum absolute atomic E-state index is 11.1. The zero-order valence-corrected chi connectivity index (χ0v) is 14.1. The number of hydrogen-bond donors (Lipinski definition) is 1. The van der Waals surface area contributed by atoms with Crippen LogP contribution in [0.25, 0.3) is 10.9 Å². The molecule has 6 heteroatoms. The van der Waals surface area contributed by atoms with E-state index in [1.165, 1.54) is 0 Å². The molecule has 0 fully saturated rings. The molecule has 3 aromatic rings. The predicted molar refractivity (Wildman–Crippen MR) is 95.9 cm³/mol. The quantitative estimate of drug-likeness (QED) is 0.724. The van der Waals surface area contributed by atoms with E-state index in [4.69, 9.17) is 10.2 Å². The van der Waals surface area contributed by atoms with Crippen molar-refractivity contribution in [2.24, 2.45) is 10.7 Å². The van der Waals surface area contributed by atoms with Crippen molar-refractivity contribution in [2.75, 3.05) is 0 Å². The number of fused-ring (bicyclic) bond motifs is 1. The van der Waals surface area contributed by atoms with Crippen LogP contribution in [0.15, 0.2) is 39.9 Å².